The maximum absolute atomic E-state index is 12.4. The highest BCUT2D eigenvalue weighted by Crippen LogP contribution is 2.25. The molecule has 162 valence electrons. The minimum atomic E-state index is -1.37. The van der Waals surface area contributed by atoms with E-state index in [-0.39, 0.29) is 11.6 Å². The molecule has 31 heavy (non-hydrogen) atoms. The molecule has 0 saturated heterocycles. The highest BCUT2D eigenvalue weighted by Gasteiger charge is 2.18. The van der Waals surface area contributed by atoms with E-state index in [1.807, 2.05) is 31.1 Å². The molecule has 0 fully saturated rings. The molecule has 0 spiro atoms. The van der Waals surface area contributed by atoms with Crippen molar-refractivity contribution >= 4 is 40.9 Å². The lowest BCUT2D eigenvalue weighted by molar-refractivity contribution is -0.247. The number of anilines is 3. The molecule has 0 aromatic carbocycles. The molecule has 3 heterocycles. The van der Waals surface area contributed by atoms with E-state index in [4.69, 9.17) is 0 Å². The zero-order chi connectivity index (χ0) is 22.4. The normalized spacial score (nSPS) is 11.7. The fourth-order valence-electron chi connectivity index (χ4n) is 2.96. The minimum Gasteiger partial charge on any atom is -0.530 e. The van der Waals surface area contributed by atoms with E-state index in [9.17, 15) is 14.7 Å². The first kappa shape index (κ1) is 22.1. The van der Waals surface area contributed by atoms with Gasteiger partial charge in [-0.05, 0) is 45.3 Å². The van der Waals surface area contributed by atoms with E-state index in [0.717, 1.165) is 15.5 Å². The monoisotopic (exact) mass is 440 g/mol. The zero-order valence-corrected chi connectivity index (χ0v) is 18.1. The summed E-state index contributed by atoms with van der Waals surface area (Å²) in [5.41, 5.74) is 0.900. The first-order chi connectivity index (χ1) is 14.8. The van der Waals surface area contributed by atoms with Crippen LogP contribution in [0.15, 0.2) is 48.1 Å². The van der Waals surface area contributed by atoms with Crippen molar-refractivity contribution in [3.05, 3.63) is 48.1 Å². The van der Waals surface area contributed by atoms with Gasteiger partial charge in [0, 0.05) is 35.9 Å². The molecule has 0 bridgehead atoms. The van der Waals surface area contributed by atoms with Crippen LogP contribution in [0.3, 0.4) is 0 Å². The number of urea groups is 1. The zero-order valence-electron chi connectivity index (χ0n) is 17.3. The topological polar surface area (TPSA) is 126 Å². The quantitative estimate of drug-likeness (QED) is 0.577. The number of pyridine rings is 2. The van der Waals surface area contributed by atoms with Crippen LogP contribution in [0.4, 0.5) is 27.0 Å². The van der Waals surface area contributed by atoms with Crippen molar-refractivity contribution in [2.24, 2.45) is 0 Å². The molecule has 2 N–H and O–H groups in total. The number of amides is 3. The number of hydrogen-bond acceptors (Lipinski definition) is 8. The molecule has 3 amide bonds. The molecule has 3 rings (SSSR count). The van der Waals surface area contributed by atoms with Crippen molar-refractivity contribution in [2.75, 3.05) is 36.2 Å². The number of thiazole rings is 1. The molecular weight excluding hydrogens is 418 g/mol. The van der Waals surface area contributed by atoms with Crippen LogP contribution >= 0.6 is 11.3 Å². The van der Waals surface area contributed by atoms with Crippen LogP contribution in [-0.4, -0.2) is 58.7 Å². The van der Waals surface area contributed by atoms with E-state index < -0.39 is 18.2 Å². The van der Waals surface area contributed by atoms with E-state index in [0.29, 0.717) is 12.4 Å². The van der Waals surface area contributed by atoms with Crippen molar-refractivity contribution < 1.29 is 14.7 Å². The van der Waals surface area contributed by atoms with Crippen LogP contribution in [0.2, 0.25) is 0 Å². The summed E-state index contributed by atoms with van der Waals surface area (Å²) in [6, 6.07) is 7.46. The number of carbonyl (C=O) groups excluding carboxylic acids is 2. The van der Waals surface area contributed by atoms with Crippen LogP contribution in [0.25, 0.3) is 10.6 Å². The molecule has 0 aliphatic heterocycles. The van der Waals surface area contributed by atoms with Crippen molar-refractivity contribution in [3.63, 3.8) is 0 Å². The van der Waals surface area contributed by atoms with Crippen LogP contribution in [0, 0.1) is 0 Å². The Bertz CT molecular complexity index is 1040. The first-order valence-electron chi connectivity index (χ1n) is 9.39. The van der Waals surface area contributed by atoms with Gasteiger partial charge in [0.25, 0.3) is 0 Å². The summed E-state index contributed by atoms with van der Waals surface area (Å²) < 4.78 is 0. The van der Waals surface area contributed by atoms with Gasteiger partial charge in [-0.25, -0.2) is 14.8 Å². The Hall–Kier alpha value is -3.57. The van der Waals surface area contributed by atoms with E-state index >= 15 is 0 Å². The van der Waals surface area contributed by atoms with Gasteiger partial charge in [0.05, 0.1) is 0 Å². The number of carboxylic acid groups (broad SMARTS) is 1. The summed E-state index contributed by atoms with van der Waals surface area (Å²) in [7, 11) is 3.69. The molecule has 3 aromatic rings. The van der Waals surface area contributed by atoms with Gasteiger partial charge >= 0.3 is 6.03 Å². The van der Waals surface area contributed by atoms with Gasteiger partial charge in [0.15, 0.2) is 0 Å². The lowest BCUT2D eigenvalue weighted by Crippen LogP contribution is -2.50. The van der Waals surface area contributed by atoms with Gasteiger partial charge in [-0.3, -0.25) is 15.6 Å². The predicted molar refractivity (Wildman–Crippen MR) is 118 cm³/mol. The molecule has 3 aromatic heterocycles. The molecule has 0 radical (unpaired) electrons. The summed E-state index contributed by atoms with van der Waals surface area (Å²) in [6.45, 7) is 2.24. The third kappa shape index (κ3) is 5.96. The van der Waals surface area contributed by atoms with Gasteiger partial charge < -0.3 is 19.7 Å². The fourth-order valence-corrected chi connectivity index (χ4v) is 3.72. The summed E-state index contributed by atoms with van der Waals surface area (Å²) in [5, 5.41) is 19.4. The maximum atomic E-state index is 12.4. The summed E-state index contributed by atoms with van der Waals surface area (Å²) in [4.78, 5) is 39.6. The molecule has 11 heteroatoms. The molecule has 0 aliphatic carbocycles. The van der Waals surface area contributed by atoms with Gasteiger partial charge in [-0.1, -0.05) is 6.07 Å². The third-order valence-electron chi connectivity index (χ3n) is 4.16. The number of rotatable bonds is 7. The lowest BCUT2D eigenvalue weighted by Gasteiger charge is -2.32. The van der Waals surface area contributed by atoms with Crippen molar-refractivity contribution in [1.29, 1.82) is 0 Å². The standard InChI is InChI=1S/C20H23N7O3S/c1-13(11-26(2)3)27(20(29)30)17-6-4-5-15(22-17)24-19(28)25-16-12-31-18(23-16)14-7-9-21-10-8-14/h4-10,12-13H,11H2,1-3H3,(H,29,30)(H2,22,24,25,28)/p-1. The van der Waals surface area contributed by atoms with Crippen molar-refractivity contribution in [1.82, 2.24) is 19.9 Å². The number of likely N-dealkylation sites (N-methyl/N-ethyl adjacent to an activating group) is 1. The van der Waals surface area contributed by atoms with Crippen LogP contribution in [0.1, 0.15) is 6.92 Å². The smallest absolute Gasteiger partial charge is 0.326 e. The average Bonchev–Trinajstić information content (AvgIpc) is 3.16. The Kier molecular flexibility index (Phi) is 7.11. The van der Waals surface area contributed by atoms with Crippen molar-refractivity contribution in [2.45, 2.75) is 13.0 Å². The largest absolute Gasteiger partial charge is 0.530 e. The Morgan fingerprint density at radius 3 is 2.48 bits per heavy atom. The maximum Gasteiger partial charge on any atom is 0.326 e. The fraction of sp³-hybridized carbons (Fsp3) is 0.250. The Morgan fingerprint density at radius 1 is 1.10 bits per heavy atom. The molecule has 1 atom stereocenters. The molecule has 10 nitrogen and oxygen atoms in total. The SMILES string of the molecule is CC(CN(C)C)N(C(=O)[O-])c1cccc(NC(=O)Nc2csc(-c3ccncc3)n2)n1. The molecule has 0 aliphatic rings. The lowest BCUT2D eigenvalue weighted by atomic mass is 10.2. The van der Waals surface area contributed by atoms with Gasteiger partial charge in [-0.2, -0.15) is 0 Å². The summed E-state index contributed by atoms with van der Waals surface area (Å²) >= 11 is 1.39. The highest BCUT2D eigenvalue weighted by molar-refractivity contribution is 7.13. The second-order valence-electron chi connectivity index (χ2n) is 6.98. The second-order valence-corrected chi connectivity index (χ2v) is 7.84. The Labute approximate surface area is 183 Å². The Balaban J connectivity index is 1.68. The summed E-state index contributed by atoms with van der Waals surface area (Å²) in [6.07, 6.45) is 1.98. The Morgan fingerprint density at radius 2 is 1.81 bits per heavy atom. The van der Waals surface area contributed by atoms with Gasteiger partial charge in [0.2, 0.25) is 0 Å². The highest BCUT2D eigenvalue weighted by atomic mass is 32.1. The van der Waals surface area contributed by atoms with Gasteiger partial charge in [0.1, 0.15) is 28.6 Å². The number of nitrogens with zero attached hydrogens (tertiary/aromatic N) is 5. The number of hydrogen-bond donors (Lipinski definition) is 2. The van der Waals surface area contributed by atoms with E-state index in [2.05, 4.69) is 25.6 Å². The van der Waals surface area contributed by atoms with Crippen LogP contribution < -0.4 is 20.6 Å². The molecular formula is C20H22N7O3S-. The van der Waals surface area contributed by atoms with Gasteiger partial charge in [-0.15, -0.1) is 11.3 Å². The average molecular weight is 441 g/mol. The van der Waals surface area contributed by atoms with Crippen LogP contribution in [-0.2, 0) is 0 Å². The molecule has 0 saturated carbocycles. The first-order valence-corrected chi connectivity index (χ1v) is 10.3. The second kappa shape index (κ2) is 9.96. The number of nitrogens with one attached hydrogen (secondary N) is 2. The molecule has 1 unspecified atom stereocenters. The predicted octanol–water partition coefficient (Wildman–Crippen LogP) is 2.34. The van der Waals surface area contributed by atoms with Crippen molar-refractivity contribution in [3.8, 4) is 10.6 Å². The van der Waals surface area contributed by atoms with E-state index in [1.165, 1.54) is 11.3 Å². The van der Waals surface area contributed by atoms with E-state index in [1.54, 1.807) is 42.9 Å². The third-order valence-corrected chi connectivity index (χ3v) is 5.05. The minimum absolute atomic E-state index is 0.167. The number of carbonyl (C=O) groups is 2. The van der Waals surface area contributed by atoms with Crippen LogP contribution in [0.5, 0.6) is 0 Å². The summed E-state index contributed by atoms with van der Waals surface area (Å²) in [5.74, 6) is 0.755. The number of aromatic nitrogens is 3.